The quantitative estimate of drug-likeness (QED) is 0.112. The van der Waals surface area contributed by atoms with E-state index >= 15 is 0 Å². The van der Waals surface area contributed by atoms with Crippen LogP contribution in [0.4, 0.5) is 18.9 Å². The fourth-order valence-corrected chi connectivity index (χ4v) is 10.8. The van der Waals surface area contributed by atoms with Crippen LogP contribution in [-0.4, -0.2) is 131 Å². The molecule has 5 N–H and O–H groups in total. The number of hydrogen-bond acceptors (Lipinski definition) is 11. The van der Waals surface area contributed by atoms with Crippen LogP contribution < -0.4 is 25.0 Å². The molecule has 1 heterocycles. The zero-order valence-corrected chi connectivity index (χ0v) is 39.2. The summed E-state index contributed by atoms with van der Waals surface area (Å²) in [5, 5.41) is 29.4. The third-order valence-corrected chi connectivity index (χ3v) is 15.1. The summed E-state index contributed by atoms with van der Waals surface area (Å²) < 4.78 is 70.6. The molecule has 9 atom stereocenters. The molecule has 18 heteroatoms. The number of amides is 2. The van der Waals surface area contributed by atoms with Crippen LogP contribution in [0.15, 0.2) is 66.7 Å². The third kappa shape index (κ3) is 11.1. The smallest absolute Gasteiger partial charge is 0.496 e. The van der Waals surface area contributed by atoms with Crippen molar-refractivity contribution in [2.24, 2.45) is 29.1 Å². The Morgan fingerprint density at radius 3 is 2.35 bits per heavy atom. The number of nitrogens with zero attached hydrogens (tertiary/aromatic N) is 3. The number of rotatable bonds is 19. The first-order valence-corrected chi connectivity index (χ1v) is 23.6. The monoisotopic (exact) mass is 930 g/mol. The fourth-order valence-electron chi connectivity index (χ4n) is 10.3. The van der Waals surface area contributed by atoms with Crippen LogP contribution >= 0.6 is 0 Å². The Balaban J connectivity index is 1.33. The molecule has 358 valence electrons. The van der Waals surface area contributed by atoms with Crippen molar-refractivity contribution >= 4 is 27.5 Å². The highest BCUT2D eigenvalue weighted by Crippen LogP contribution is 2.61. The van der Waals surface area contributed by atoms with Gasteiger partial charge in [0.25, 0.3) is 5.91 Å². The van der Waals surface area contributed by atoms with Gasteiger partial charge in [0.2, 0.25) is 5.91 Å². The second kappa shape index (κ2) is 20.3. The Morgan fingerprint density at radius 2 is 1.75 bits per heavy atom. The van der Waals surface area contributed by atoms with Gasteiger partial charge in [-0.05, 0) is 92.8 Å². The molecule has 4 aliphatic rings. The van der Waals surface area contributed by atoms with E-state index < -0.39 is 58.8 Å². The largest absolute Gasteiger partial charge is 0.511 e. The highest BCUT2D eigenvalue weighted by molar-refractivity contribution is 7.90. The number of sulfonamides is 1. The van der Waals surface area contributed by atoms with Crippen molar-refractivity contribution in [1.29, 1.82) is 0 Å². The summed E-state index contributed by atoms with van der Waals surface area (Å²) in [4.78, 5) is 38.4. The molecule has 1 saturated heterocycles. The molecule has 3 aliphatic carbocycles. The number of nitrogens with one attached hydrogen (secondary N) is 3. The molecular formula is C47H65F3N6O8S. The minimum Gasteiger partial charge on any atom is -0.496 e. The number of alkyl halides is 3. The van der Waals surface area contributed by atoms with Crippen LogP contribution in [-0.2, 0) is 32.6 Å². The van der Waals surface area contributed by atoms with Crippen LogP contribution in [0.25, 0.3) is 11.1 Å². The van der Waals surface area contributed by atoms with E-state index in [-0.39, 0.29) is 48.0 Å². The number of para-hydroxylation sites is 1. The number of carbonyl (C=O) groups excluding carboxylic acids is 2. The summed E-state index contributed by atoms with van der Waals surface area (Å²) in [6.07, 6.45) is 0.649. The molecule has 1 unspecified atom stereocenters. The van der Waals surface area contributed by atoms with Gasteiger partial charge < -0.3 is 35.4 Å². The number of ether oxygens (including phenoxy) is 1. The average molecular weight is 931 g/mol. The first-order valence-electron chi connectivity index (χ1n) is 22.2. The van der Waals surface area contributed by atoms with Crippen molar-refractivity contribution in [3.63, 3.8) is 0 Å². The zero-order chi connectivity index (χ0) is 47.6. The molecule has 2 bridgehead atoms. The molecular weight excluding hydrogens is 866 g/mol. The Morgan fingerprint density at radius 1 is 1.05 bits per heavy atom. The van der Waals surface area contributed by atoms with Gasteiger partial charge in [0, 0.05) is 67.1 Å². The number of likely N-dealkylation sites (N-methyl/N-ethyl adjacent to an activating group) is 2. The topological polar surface area (TPSA) is 173 Å². The van der Waals surface area contributed by atoms with Gasteiger partial charge >= 0.3 is 15.5 Å². The summed E-state index contributed by atoms with van der Waals surface area (Å²) in [7, 11) is 1.27. The first kappa shape index (κ1) is 50.1. The average Bonchev–Trinajstić information content (AvgIpc) is 3.62. The van der Waals surface area contributed by atoms with Crippen molar-refractivity contribution < 1.29 is 51.0 Å². The molecule has 3 saturated carbocycles. The second-order valence-corrected chi connectivity index (χ2v) is 20.6. The lowest BCUT2D eigenvalue weighted by atomic mass is 9.45. The van der Waals surface area contributed by atoms with Gasteiger partial charge in [-0.2, -0.15) is 18.2 Å². The number of carbonyl (C=O) groups is 2. The molecule has 14 nitrogen and oxygen atoms in total. The predicted octanol–water partition coefficient (Wildman–Crippen LogP) is 4.80. The van der Waals surface area contributed by atoms with E-state index in [1.165, 1.54) is 12.2 Å². The lowest BCUT2D eigenvalue weighted by Gasteiger charge is -2.62. The number of fused-ring (bicyclic) bond motifs is 2. The number of aliphatic hydroxyl groups is 2. The fraction of sp³-hybridized carbons (Fsp3) is 0.574. The molecule has 1 aliphatic heterocycles. The normalized spacial score (nSPS) is 25.1. The van der Waals surface area contributed by atoms with Crippen molar-refractivity contribution in [3.8, 4) is 16.9 Å². The van der Waals surface area contributed by atoms with Crippen LogP contribution in [0.5, 0.6) is 5.75 Å². The second-order valence-electron chi connectivity index (χ2n) is 18.9. The van der Waals surface area contributed by atoms with E-state index in [0.29, 0.717) is 52.9 Å². The predicted molar refractivity (Wildman–Crippen MR) is 242 cm³/mol. The Labute approximate surface area is 380 Å². The van der Waals surface area contributed by atoms with Crippen LogP contribution in [0.1, 0.15) is 62.0 Å². The first-order chi connectivity index (χ1) is 30.6. The molecule has 3 aromatic rings. The highest BCUT2D eigenvalue weighted by atomic mass is 32.2. The van der Waals surface area contributed by atoms with Gasteiger partial charge in [0.1, 0.15) is 17.9 Å². The number of methoxy groups -OCH3 is 1. The van der Waals surface area contributed by atoms with Gasteiger partial charge in [-0.3, -0.25) is 14.4 Å². The van der Waals surface area contributed by atoms with Gasteiger partial charge in [-0.25, -0.2) is 13.1 Å². The standard InChI is InChI=1S/C47H65F3N6O8S/c1-28-38-23-34(46(38,3)4)24-39(28)53-45(60)42-41(29(2)58)40(27-57)64-56(42)25-31-15-12-16-37(43(31)63-8)32-20-33(22-36(21-32)55(7)18-17-51-65(61,62)47(48,49)50)44(59)52-35(26-54(5)6)19-30-13-10-9-11-14-30/h9-16,20-22,28-29,34-35,38-42,51,57-58H,17-19,23-27H2,1-8H3,(H,52,59)(H,53,60)/t28-,29-,34+,35-,38-,39?,40-,41+,42-/m0/s1. The number of hydrogen-bond donors (Lipinski definition) is 5. The lowest BCUT2D eigenvalue weighted by Crippen LogP contribution is -2.62. The number of hydroxylamine groups is 2. The number of halogens is 3. The number of anilines is 1. The summed E-state index contributed by atoms with van der Waals surface area (Å²) in [5.41, 5.74) is -2.00. The minimum absolute atomic E-state index is 0.00527. The number of aliphatic hydroxyl groups excluding tert-OH is 2. The maximum Gasteiger partial charge on any atom is 0.511 e. The maximum atomic E-state index is 14.4. The Bertz CT molecular complexity index is 2250. The SMILES string of the molecule is COc1c(CN2O[C@@H](CO)[C@@H]([C@H](C)O)[C@H]2C(=O)NC2C[C@H]3C[C@@H]([C@@H]2C)C3(C)C)cccc1-c1cc(C(=O)N[C@@H](Cc2ccccc2)CN(C)C)cc(N(C)CCNS(=O)(=O)C(F)(F)F)c1. The molecule has 0 spiro atoms. The summed E-state index contributed by atoms with van der Waals surface area (Å²) >= 11 is 0. The van der Waals surface area contributed by atoms with E-state index in [2.05, 4.69) is 31.4 Å². The van der Waals surface area contributed by atoms with Crippen LogP contribution in [0, 0.1) is 29.1 Å². The van der Waals surface area contributed by atoms with E-state index in [1.54, 1.807) is 60.0 Å². The molecule has 7 rings (SSSR count). The van der Waals surface area contributed by atoms with E-state index in [0.717, 1.165) is 18.4 Å². The highest BCUT2D eigenvalue weighted by Gasteiger charge is 2.57. The zero-order valence-electron chi connectivity index (χ0n) is 38.4. The summed E-state index contributed by atoms with van der Waals surface area (Å²) in [6.45, 7) is 7.67. The van der Waals surface area contributed by atoms with E-state index in [9.17, 15) is 41.4 Å². The van der Waals surface area contributed by atoms with Gasteiger partial charge in [-0.1, -0.05) is 69.3 Å². The summed E-state index contributed by atoms with van der Waals surface area (Å²) in [6, 6.07) is 18.7. The number of benzene rings is 3. The molecule has 0 aromatic heterocycles. The van der Waals surface area contributed by atoms with Gasteiger partial charge in [-0.15, -0.1) is 0 Å². The molecule has 4 fully saturated rings. The van der Waals surface area contributed by atoms with E-state index in [1.807, 2.05) is 49.3 Å². The van der Waals surface area contributed by atoms with Gasteiger partial charge in [0.05, 0.1) is 26.4 Å². The van der Waals surface area contributed by atoms with Crippen molar-refractivity contribution in [2.75, 3.05) is 59.4 Å². The van der Waals surface area contributed by atoms with Crippen LogP contribution in [0.3, 0.4) is 0 Å². The molecule has 65 heavy (non-hydrogen) atoms. The molecule has 3 aromatic carbocycles. The van der Waals surface area contributed by atoms with Gasteiger partial charge in [0.15, 0.2) is 0 Å². The van der Waals surface area contributed by atoms with Crippen molar-refractivity contribution in [3.05, 3.63) is 83.4 Å². The van der Waals surface area contributed by atoms with Crippen LogP contribution in [0.2, 0.25) is 0 Å². The molecule has 2 amide bonds. The third-order valence-electron chi connectivity index (χ3n) is 13.9. The maximum absolute atomic E-state index is 14.4. The Hall–Kier alpha value is -4.30. The Kier molecular flexibility index (Phi) is 15.6. The van der Waals surface area contributed by atoms with Crippen molar-refractivity contribution in [2.45, 2.75) is 89.3 Å². The van der Waals surface area contributed by atoms with Crippen molar-refractivity contribution in [1.82, 2.24) is 25.3 Å². The molecule has 0 radical (unpaired) electrons. The van der Waals surface area contributed by atoms with E-state index in [4.69, 9.17) is 9.57 Å². The minimum atomic E-state index is -5.59. The summed E-state index contributed by atoms with van der Waals surface area (Å²) in [5.74, 6) is 0.123. The lowest BCUT2D eigenvalue weighted by molar-refractivity contribution is -0.183.